The van der Waals surface area contributed by atoms with Gasteiger partial charge in [0.1, 0.15) is 17.3 Å². The van der Waals surface area contributed by atoms with Gasteiger partial charge in [0.05, 0.1) is 15.5 Å². The fourth-order valence-electron chi connectivity index (χ4n) is 2.35. The predicted molar refractivity (Wildman–Crippen MR) is 94.7 cm³/mol. The van der Waals surface area contributed by atoms with Crippen LogP contribution in [-0.4, -0.2) is 23.9 Å². The third kappa shape index (κ3) is 3.47. The van der Waals surface area contributed by atoms with E-state index < -0.39 is 21.7 Å². The number of benzene rings is 2. The Bertz CT molecular complexity index is 1060. The number of carbonyl (C=O) groups is 1. The first kappa shape index (κ1) is 18.1. The van der Waals surface area contributed by atoms with Gasteiger partial charge in [-0.15, -0.1) is 0 Å². The second-order valence-corrected chi connectivity index (χ2v) is 7.49. The van der Waals surface area contributed by atoms with Crippen molar-refractivity contribution >= 4 is 27.5 Å². The number of nitrogens with one attached hydrogen (secondary N) is 1. The molecule has 0 bridgehead atoms. The molecule has 0 radical (unpaired) electrons. The molecule has 1 N–H and O–H groups in total. The zero-order chi connectivity index (χ0) is 18.9. The number of imidazole rings is 1. The zero-order valence-corrected chi connectivity index (χ0v) is 15.1. The zero-order valence-electron chi connectivity index (χ0n) is 13.5. The van der Waals surface area contributed by atoms with E-state index in [1.54, 1.807) is 13.1 Å². The molecule has 0 aliphatic heterocycles. The van der Waals surface area contributed by atoms with E-state index in [0.717, 1.165) is 0 Å². The van der Waals surface area contributed by atoms with Gasteiger partial charge >= 0.3 is 0 Å². The maximum absolute atomic E-state index is 14.1. The molecule has 26 heavy (non-hydrogen) atoms. The van der Waals surface area contributed by atoms with Crippen molar-refractivity contribution < 1.29 is 17.6 Å². The molecular weight excluding hydrogens is 381 g/mol. The lowest BCUT2D eigenvalue weighted by molar-refractivity contribution is 0.0977. The van der Waals surface area contributed by atoms with Gasteiger partial charge in [-0.25, -0.2) is 22.5 Å². The van der Waals surface area contributed by atoms with Gasteiger partial charge < -0.3 is 4.57 Å². The van der Waals surface area contributed by atoms with Crippen LogP contribution in [0.1, 0.15) is 10.5 Å². The van der Waals surface area contributed by atoms with Crippen molar-refractivity contribution in [1.82, 2.24) is 14.3 Å². The topological polar surface area (TPSA) is 81.1 Å². The van der Waals surface area contributed by atoms with Crippen molar-refractivity contribution in [2.24, 2.45) is 7.05 Å². The Kier molecular flexibility index (Phi) is 4.80. The first-order valence-electron chi connectivity index (χ1n) is 7.39. The number of aryl methyl sites for hydroxylation is 1. The van der Waals surface area contributed by atoms with Crippen LogP contribution in [0.3, 0.4) is 0 Å². The Balaban J connectivity index is 1.93. The van der Waals surface area contributed by atoms with E-state index in [1.807, 2.05) is 4.72 Å². The Morgan fingerprint density at radius 1 is 1.15 bits per heavy atom. The lowest BCUT2D eigenvalue weighted by Gasteiger charge is -2.05. The van der Waals surface area contributed by atoms with E-state index in [9.17, 15) is 17.6 Å². The fourth-order valence-corrected chi connectivity index (χ4v) is 3.58. The van der Waals surface area contributed by atoms with Gasteiger partial charge in [0.2, 0.25) is 0 Å². The highest BCUT2D eigenvalue weighted by molar-refractivity contribution is 7.90. The summed E-state index contributed by atoms with van der Waals surface area (Å²) in [5, 5.41) is 0.127. The van der Waals surface area contributed by atoms with E-state index in [2.05, 4.69) is 4.98 Å². The second-order valence-electron chi connectivity index (χ2n) is 5.40. The molecule has 0 saturated heterocycles. The van der Waals surface area contributed by atoms with E-state index in [1.165, 1.54) is 53.2 Å². The van der Waals surface area contributed by atoms with E-state index in [4.69, 9.17) is 11.6 Å². The lowest BCUT2D eigenvalue weighted by Crippen LogP contribution is -2.30. The number of halogens is 2. The van der Waals surface area contributed by atoms with Crippen molar-refractivity contribution in [3.63, 3.8) is 0 Å². The first-order chi connectivity index (χ1) is 12.3. The number of hydrogen-bond donors (Lipinski definition) is 1. The van der Waals surface area contributed by atoms with Crippen LogP contribution < -0.4 is 4.72 Å². The Labute approximate surface area is 154 Å². The summed E-state index contributed by atoms with van der Waals surface area (Å²) in [7, 11) is -2.49. The summed E-state index contributed by atoms with van der Waals surface area (Å²) >= 11 is 6.02. The normalized spacial score (nSPS) is 11.3. The number of sulfonamides is 1. The summed E-state index contributed by atoms with van der Waals surface area (Å²) in [4.78, 5) is 16.3. The average molecular weight is 394 g/mol. The summed E-state index contributed by atoms with van der Waals surface area (Å²) in [6.45, 7) is 0. The van der Waals surface area contributed by atoms with Gasteiger partial charge in [0, 0.05) is 13.2 Å². The Morgan fingerprint density at radius 2 is 1.85 bits per heavy atom. The minimum atomic E-state index is -4.04. The number of amides is 1. The van der Waals surface area contributed by atoms with Crippen molar-refractivity contribution in [2.45, 2.75) is 4.90 Å². The van der Waals surface area contributed by atoms with Crippen molar-refractivity contribution in [3.8, 4) is 11.4 Å². The molecule has 0 unspecified atom stereocenters. The standard InChI is InChI=1S/C17H13ClFN3O3S/c1-22-10-14(20-16(22)15-12(18)8-5-9-13(15)19)17(23)21-26(24,25)11-6-3-2-4-7-11/h2-10H,1H3,(H,21,23). The number of carbonyl (C=O) groups excluding carboxylic acids is 1. The second kappa shape index (κ2) is 6.89. The van der Waals surface area contributed by atoms with Crippen LogP contribution >= 0.6 is 11.6 Å². The van der Waals surface area contributed by atoms with E-state index >= 15 is 0 Å². The van der Waals surface area contributed by atoms with Gasteiger partial charge in [-0.3, -0.25) is 4.79 Å². The molecule has 1 amide bonds. The van der Waals surface area contributed by atoms with Crippen LogP contribution in [0.4, 0.5) is 4.39 Å². The molecule has 0 spiro atoms. The Morgan fingerprint density at radius 3 is 2.50 bits per heavy atom. The molecular formula is C17H13ClFN3O3S. The smallest absolute Gasteiger partial charge is 0.285 e. The van der Waals surface area contributed by atoms with Gasteiger partial charge in [-0.1, -0.05) is 35.9 Å². The van der Waals surface area contributed by atoms with Crippen LogP contribution in [0.5, 0.6) is 0 Å². The molecule has 0 aliphatic carbocycles. The Hall–Kier alpha value is -2.71. The third-order valence-electron chi connectivity index (χ3n) is 3.58. The van der Waals surface area contributed by atoms with Crippen molar-refractivity contribution in [2.75, 3.05) is 0 Å². The average Bonchev–Trinajstić information content (AvgIpc) is 2.97. The lowest BCUT2D eigenvalue weighted by atomic mass is 10.2. The third-order valence-corrected chi connectivity index (χ3v) is 5.24. The van der Waals surface area contributed by atoms with Crippen molar-refractivity contribution in [3.05, 3.63) is 71.3 Å². The van der Waals surface area contributed by atoms with Crippen molar-refractivity contribution in [1.29, 1.82) is 0 Å². The molecule has 0 atom stereocenters. The molecule has 3 aromatic rings. The fraction of sp³-hybridized carbons (Fsp3) is 0.0588. The molecule has 0 fully saturated rings. The highest BCUT2D eigenvalue weighted by Crippen LogP contribution is 2.29. The van der Waals surface area contributed by atoms with Gasteiger partial charge in [-0.05, 0) is 24.3 Å². The van der Waals surface area contributed by atoms with Crippen LogP contribution in [0.15, 0.2) is 59.6 Å². The molecule has 6 nitrogen and oxygen atoms in total. The monoisotopic (exact) mass is 393 g/mol. The quantitative estimate of drug-likeness (QED) is 0.738. The molecule has 0 saturated carbocycles. The minimum Gasteiger partial charge on any atom is -0.333 e. The summed E-state index contributed by atoms with van der Waals surface area (Å²) < 4.78 is 41.9. The minimum absolute atomic E-state index is 0.0293. The summed E-state index contributed by atoms with van der Waals surface area (Å²) in [6.07, 6.45) is 1.30. The van der Waals surface area contributed by atoms with Crippen LogP contribution in [0, 0.1) is 5.82 Å². The molecule has 3 rings (SSSR count). The molecule has 0 aliphatic rings. The highest BCUT2D eigenvalue weighted by Gasteiger charge is 2.23. The first-order valence-corrected chi connectivity index (χ1v) is 9.25. The van der Waals surface area contributed by atoms with E-state index in [0.29, 0.717) is 0 Å². The number of aromatic nitrogens is 2. The molecule has 9 heteroatoms. The molecule has 1 heterocycles. The van der Waals surface area contributed by atoms with Gasteiger partial charge in [-0.2, -0.15) is 0 Å². The summed E-state index contributed by atoms with van der Waals surface area (Å²) in [5.41, 5.74) is -0.150. The highest BCUT2D eigenvalue weighted by atomic mass is 35.5. The number of hydrogen-bond acceptors (Lipinski definition) is 4. The SMILES string of the molecule is Cn1cc(C(=O)NS(=O)(=O)c2ccccc2)nc1-c1c(F)cccc1Cl. The van der Waals surface area contributed by atoms with Crippen LogP contribution in [0.25, 0.3) is 11.4 Å². The van der Waals surface area contributed by atoms with Crippen LogP contribution in [0.2, 0.25) is 5.02 Å². The maximum atomic E-state index is 14.1. The summed E-state index contributed by atoms with van der Waals surface area (Å²) in [5.74, 6) is -1.42. The maximum Gasteiger partial charge on any atom is 0.285 e. The number of nitrogens with zero attached hydrogens (tertiary/aromatic N) is 2. The summed E-state index contributed by atoms with van der Waals surface area (Å²) in [6, 6.07) is 11.6. The molecule has 134 valence electrons. The number of rotatable bonds is 4. The van der Waals surface area contributed by atoms with Gasteiger partial charge in [0.15, 0.2) is 0 Å². The largest absolute Gasteiger partial charge is 0.333 e. The molecule has 2 aromatic carbocycles. The van der Waals surface area contributed by atoms with E-state index in [-0.39, 0.29) is 27.0 Å². The molecule has 1 aromatic heterocycles. The predicted octanol–water partition coefficient (Wildman–Crippen LogP) is 3.00. The van der Waals surface area contributed by atoms with Gasteiger partial charge in [0.25, 0.3) is 15.9 Å². The van der Waals surface area contributed by atoms with Crippen LogP contribution in [-0.2, 0) is 17.1 Å².